The zero-order valence-electron chi connectivity index (χ0n) is 20.5. The molecule has 1 fully saturated rings. The summed E-state index contributed by atoms with van der Waals surface area (Å²) in [6.45, 7) is 3.59. The molecule has 2 atom stereocenters. The first-order valence-electron chi connectivity index (χ1n) is 12.5. The maximum atomic E-state index is 13.6. The second kappa shape index (κ2) is 11.4. The molecule has 2 aliphatic heterocycles. The van der Waals surface area contributed by atoms with Gasteiger partial charge in [-0.25, -0.2) is 9.79 Å². The first kappa shape index (κ1) is 24.7. The van der Waals surface area contributed by atoms with Gasteiger partial charge in [-0.15, -0.1) is 0 Å². The zero-order valence-corrected chi connectivity index (χ0v) is 20.5. The van der Waals surface area contributed by atoms with Crippen molar-refractivity contribution in [2.24, 2.45) is 4.99 Å². The number of nitrogens with one attached hydrogen (secondary N) is 1. The van der Waals surface area contributed by atoms with E-state index in [0.29, 0.717) is 37.6 Å². The van der Waals surface area contributed by atoms with Gasteiger partial charge in [0.05, 0.1) is 30.7 Å². The summed E-state index contributed by atoms with van der Waals surface area (Å²) in [5.74, 6) is -0.479. The first-order valence-corrected chi connectivity index (χ1v) is 12.5. The van der Waals surface area contributed by atoms with E-state index in [2.05, 4.69) is 10.2 Å². The number of hydrogen-bond acceptors (Lipinski definition) is 5. The SMILES string of the molecule is O=C1Nc2ccccc2C(c2ccccc2)=N[C@H]1N(C(=O)O)[C@H](CCN1CCOCC1)c1ccccc1. The van der Waals surface area contributed by atoms with Crippen LogP contribution in [0.5, 0.6) is 0 Å². The molecule has 5 rings (SSSR count). The fraction of sp³-hybridized carbons (Fsp3) is 0.276. The predicted molar refractivity (Wildman–Crippen MR) is 142 cm³/mol. The fourth-order valence-electron chi connectivity index (χ4n) is 4.94. The molecular formula is C29H30N4O4. The van der Waals surface area contributed by atoms with Gasteiger partial charge in [-0.2, -0.15) is 0 Å². The summed E-state index contributed by atoms with van der Waals surface area (Å²) in [4.78, 5) is 34.8. The van der Waals surface area contributed by atoms with Crippen LogP contribution in [0.25, 0.3) is 0 Å². The number of benzene rings is 3. The number of amides is 2. The molecule has 0 saturated carbocycles. The van der Waals surface area contributed by atoms with E-state index in [1.165, 1.54) is 4.90 Å². The van der Waals surface area contributed by atoms with Crippen LogP contribution in [0.15, 0.2) is 89.9 Å². The minimum Gasteiger partial charge on any atom is -0.465 e. The maximum Gasteiger partial charge on any atom is 0.409 e. The normalized spacial score (nSPS) is 18.6. The molecule has 8 nitrogen and oxygen atoms in total. The molecule has 1 saturated heterocycles. The van der Waals surface area contributed by atoms with E-state index < -0.39 is 24.2 Å². The van der Waals surface area contributed by atoms with Gasteiger partial charge >= 0.3 is 6.09 Å². The number of fused-ring (bicyclic) bond motifs is 1. The lowest BCUT2D eigenvalue weighted by atomic mass is 10.00. The van der Waals surface area contributed by atoms with Gasteiger partial charge in [0, 0.05) is 30.8 Å². The lowest BCUT2D eigenvalue weighted by molar-refractivity contribution is -0.121. The van der Waals surface area contributed by atoms with Crippen LogP contribution in [-0.4, -0.2) is 71.6 Å². The molecule has 8 heteroatoms. The zero-order chi connectivity index (χ0) is 25.6. The lowest BCUT2D eigenvalue weighted by Gasteiger charge is -2.35. The number of carbonyl (C=O) groups excluding carboxylic acids is 1. The summed E-state index contributed by atoms with van der Waals surface area (Å²) in [7, 11) is 0. The molecule has 2 aliphatic rings. The van der Waals surface area contributed by atoms with E-state index in [1.54, 1.807) is 0 Å². The summed E-state index contributed by atoms with van der Waals surface area (Å²) < 4.78 is 5.47. The summed E-state index contributed by atoms with van der Waals surface area (Å²) in [5, 5.41) is 13.5. The van der Waals surface area contributed by atoms with Crippen molar-refractivity contribution < 1.29 is 19.4 Å². The van der Waals surface area contributed by atoms with Crippen molar-refractivity contribution in [3.05, 3.63) is 102 Å². The Bertz CT molecular complexity index is 1260. The van der Waals surface area contributed by atoms with Crippen LogP contribution in [0.4, 0.5) is 10.5 Å². The van der Waals surface area contributed by atoms with Gasteiger partial charge in [0.2, 0.25) is 6.17 Å². The van der Waals surface area contributed by atoms with Crippen molar-refractivity contribution in [2.75, 3.05) is 38.2 Å². The third-order valence-corrected chi connectivity index (χ3v) is 6.80. The van der Waals surface area contributed by atoms with Crippen molar-refractivity contribution in [1.82, 2.24) is 9.80 Å². The average molecular weight is 499 g/mol. The number of morpholine rings is 1. The Hall–Kier alpha value is -4.01. The molecule has 37 heavy (non-hydrogen) atoms. The summed E-state index contributed by atoms with van der Waals surface area (Å²) >= 11 is 0. The van der Waals surface area contributed by atoms with Gasteiger partial charge in [-0.1, -0.05) is 78.9 Å². The van der Waals surface area contributed by atoms with Crippen LogP contribution in [0.2, 0.25) is 0 Å². The molecule has 2 amide bonds. The smallest absolute Gasteiger partial charge is 0.409 e. The highest BCUT2D eigenvalue weighted by Crippen LogP contribution is 2.31. The summed E-state index contributed by atoms with van der Waals surface area (Å²) in [6, 6.07) is 25.9. The highest BCUT2D eigenvalue weighted by molar-refractivity contribution is 6.19. The van der Waals surface area contributed by atoms with E-state index in [0.717, 1.165) is 29.8 Å². The second-order valence-corrected chi connectivity index (χ2v) is 9.11. The van der Waals surface area contributed by atoms with Gasteiger partial charge in [0.15, 0.2) is 0 Å². The molecule has 0 aliphatic carbocycles. The summed E-state index contributed by atoms with van der Waals surface area (Å²) in [6.07, 6.45) is -1.95. The second-order valence-electron chi connectivity index (χ2n) is 9.11. The number of benzodiazepines with no additional fused rings is 1. The molecular weight excluding hydrogens is 468 g/mol. The van der Waals surface area contributed by atoms with Crippen molar-refractivity contribution in [3.63, 3.8) is 0 Å². The van der Waals surface area contributed by atoms with Crippen LogP contribution >= 0.6 is 0 Å². The van der Waals surface area contributed by atoms with Crippen molar-refractivity contribution in [1.29, 1.82) is 0 Å². The number of para-hydroxylation sites is 1. The highest BCUT2D eigenvalue weighted by Gasteiger charge is 2.38. The Labute approximate surface area is 216 Å². The Kier molecular flexibility index (Phi) is 7.58. The minimum absolute atomic E-state index is 0.479. The monoisotopic (exact) mass is 498 g/mol. The fourth-order valence-corrected chi connectivity index (χ4v) is 4.94. The van der Waals surface area contributed by atoms with Crippen LogP contribution in [0, 0.1) is 0 Å². The Morgan fingerprint density at radius 3 is 2.35 bits per heavy atom. The molecule has 3 aromatic rings. The van der Waals surface area contributed by atoms with E-state index >= 15 is 0 Å². The van der Waals surface area contributed by atoms with Gasteiger partial charge < -0.3 is 15.2 Å². The van der Waals surface area contributed by atoms with Gasteiger partial charge in [0.25, 0.3) is 5.91 Å². The van der Waals surface area contributed by atoms with E-state index in [4.69, 9.17) is 9.73 Å². The number of ether oxygens (including phenoxy) is 1. The quantitative estimate of drug-likeness (QED) is 0.508. The Balaban J connectivity index is 1.57. The molecule has 2 heterocycles. The number of hydrogen-bond donors (Lipinski definition) is 2. The van der Waals surface area contributed by atoms with Gasteiger partial charge in [-0.3, -0.25) is 14.6 Å². The van der Waals surface area contributed by atoms with Gasteiger partial charge in [-0.05, 0) is 18.1 Å². The first-order chi connectivity index (χ1) is 18.1. The molecule has 0 unspecified atom stereocenters. The van der Waals surface area contributed by atoms with Crippen molar-refractivity contribution >= 4 is 23.4 Å². The van der Waals surface area contributed by atoms with Crippen LogP contribution < -0.4 is 5.32 Å². The molecule has 0 radical (unpaired) electrons. The topological polar surface area (TPSA) is 94.5 Å². The molecule has 2 N–H and O–H groups in total. The number of carboxylic acid groups (broad SMARTS) is 1. The molecule has 3 aromatic carbocycles. The predicted octanol–water partition coefficient (Wildman–Crippen LogP) is 4.25. The highest BCUT2D eigenvalue weighted by atomic mass is 16.5. The molecule has 0 aromatic heterocycles. The number of carbonyl (C=O) groups is 2. The van der Waals surface area contributed by atoms with E-state index in [-0.39, 0.29) is 0 Å². The largest absolute Gasteiger partial charge is 0.465 e. The van der Waals surface area contributed by atoms with Crippen LogP contribution in [-0.2, 0) is 9.53 Å². The average Bonchev–Trinajstić information content (AvgIpc) is 3.08. The Morgan fingerprint density at radius 1 is 1.00 bits per heavy atom. The third-order valence-electron chi connectivity index (χ3n) is 6.80. The van der Waals surface area contributed by atoms with Crippen molar-refractivity contribution in [2.45, 2.75) is 18.6 Å². The third kappa shape index (κ3) is 5.55. The maximum absolute atomic E-state index is 13.6. The number of aliphatic imine (C=N–C) groups is 1. The lowest BCUT2D eigenvalue weighted by Crippen LogP contribution is -2.48. The van der Waals surface area contributed by atoms with Crippen LogP contribution in [0.1, 0.15) is 29.2 Å². The standard InChI is InChI=1S/C29H30N4O4/c34-28-27(31-26(22-11-5-2-6-12-22)23-13-7-8-14-24(23)30-28)33(29(35)36)25(21-9-3-1-4-10-21)15-16-32-17-19-37-20-18-32/h1-14,25,27H,15-20H2,(H,30,34)(H,35,36)/t25-,27+/m1/s1. The number of rotatable bonds is 7. The molecule has 0 bridgehead atoms. The van der Waals surface area contributed by atoms with Gasteiger partial charge in [0.1, 0.15) is 0 Å². The van der Waals surface area contributed by atoms with Crippen LogP contribution in [0.3, 0.4) is 0 Å². The molecule has 190 valence electrons. The molecule has 0 spiro atoms. The summed E-state index contributed by atoms with van der Waals surface area (Å²) in [5.41, 5.74) is 3.56. The van der Waals surface area contributed by atoms with E-state index in [9.17, 15) is 14.7 Å². The van der Waals surface area contributed by atoms with E-state index in [1.807, 2.05) is 84.9 Å². The number of nitrogens with zero attached hydrogens (tertiary/aromatic N) is 3. The Morgan fingerprint density at radius 2 is 1.65 bits per heavy atom. The van der Waals surface area contributed by atoms with Crippen molar-refractivity contribution in [3.8, 4) is 0 Å². The minimum atomic E-state index is -1.27. The number of anilines is 1.